The number of hydrogen-bond acceptors (Lipinski definition) is 6. The zero-order valence-electron chi connectivity index (χ0n) is 14.8. The molecular formula is C19H15N3O6S. The van der Waals surface area contributed by atoms with Gasteiger partial charge in [-0.1, -0.05) is 30.3 Å². The van der Waals surface area contributed by atoms with Crippen molar-refractivity contribution in [3.05, 3.63) is 89.0 Å². The lowest BCUT2D eigenvalue weighted by atomic mass is 10.3. The van der Waals surface area contributed by atoms with Gasteiger partial charge in [-0.25, -0.2) is 4.79 Å². The summed E-state index contributed by atoms with van der Waals surface area (Å²) in [5, 5.41) is 15.8. The first kappa shape index (κ1) is 19.8. The lowest BCUT2D eigenvalue weighted by Crippen LogP contribution is -2.20. The summed E-state index contributed by atoms with van der Waals surface area (Å²) in [4.78, 5) is 22.0. The van der Waals surface area contributed by atoms with Crippen LogP contribution in [0.3, 0.4) is 0 Å². The van der Waals surface area contributed by atoms with Crippen LogP contribution in [0.1, 0.15) is 0 Å². The van der Waals surface area contributed by atoms with E-state index in [0.717, 1.165) is 24.3 Å². The van der Waals surface area contributed by atoms with Crippen molar-refractivity contribution >= 4 is 33.2 Å². The van der Waals surface area contributed by atoms with Crippen molar-refractivity contribution in [1.82, 2.24) is 0 Å². The van der Waals surface area contributed by atoms with Gasteiger partial charge in [-0.05, 0) is 36.4 Å². The number of non-ortho nitro benzene ring substituents is 1. The summed E-state index contributed by atoms with van der Waals surface area (Å²) in [6, 6.07) is 18.4. The second-order valence-corrected chi connectivity index (χ2v) is 7.28. The van der Waals surface area contributed by atoms with E-state index in [1.807, 2.05) is 0 Å². The summed E-state index contributed by atoms with van der Waals surface area (Å²) in [5.74, 6) is -0.103. The van der Waals surface area contributed by atoms with Gasteiger partial charge in [0.2, 0.25) is 0 Å². The molecule has 3 aromatic carbocycles. The van der Waals surface area contributed by atoms with Gasteiger partial charge in [-0.2, -0.15) is 8.42 Å². The van der Waals surface area contributed by atoms with Crippen LogP contribution in [-0.2, 0) is 10.1 Å². The zero-order valence-corrected chi connectivity index (χ0v) is 15.6. The lowest BCUT2D eigenvalue weighted by molar-refractivity contribution is -0.384. The largest absolute Gasteiger partial charge is 0.377 e. The molecule has 0 radical (unpaired) electrons. The number of nitrogens with one attached hydrogen (secondary N) is 2. The van der Waals surface area contributed by atoms with Gasteiger partial charge < -0.3 is 14.8 Å². The molecule has 0 spiro atoms. The summed E-state index contributed by atoms with van der Waals surface area (Å²) in [6.45, 7) is 0. The van der Waals surface area contributed by atoms with Crippen LogP contribution >= 0.6 is 0 Å². The average Bonchev–Trinajstić information content (AvgIpc) is 2.70. The number of urea groups is 1. The fraction of sp³-hybridized carbons (Fsp3) is 0. The minimum absolute atomic E-state index is 0.103. The highest BCUT2D eigenvalue weighted by molar-refractivity contribution is 7.87. The van der Waals surface area contributed by atoms with Crippen LogP contribution in [0.15, 0.2) is 83.8 Å². The molecule has 0 aromatic heterocycles. The van der Waals surface area contributed by atoms with E-state index in [-0.39, 0.29) is 22.0 Å². The van der Waals surface area contributed by atoms with Gasteiger partial charge >= 0.3 is 16.1 Å². The molecule has 9 nitrogen and oxygen atoms in total. The number of carbonyl (C=O) groups is 1. The number of carbonyl (C=O) groups excluding carboxylic acids is 1. The minimum atomic E-state index is -4.27. The Balaban J connectivity index is 1.77. The van der Waals surface area contributed by atoms with Crippen LogP contribution in [0.4, 0.5) is 21.9 Å². The van der Waals surface area contributed by atoms with Crippen LogP contribution in [0.2, 0.25) is 0 Å². The standard InChI is InChI=1S/C19H15N3O6S/c23-19(20-14-6-2-1-3-7-14)21-17-8-4-5-9-18(17)28-29(26,27)16-12-10-15(11-13-16)22(24)25/h1-13H,(H2,20,21,23). The van der Waals surface area contributed by atoms with Gasteiger partial charge in [0.15, 0.2) is 5.75 Å². The van der Waals surface area contributed by atoms with E-state index in [1.165, 1.54) is 12.1 Å². The summed E-state index contributed by atoms with van der Waals surface area (Å²) in [7, 11) is -4.27. The zero-order chi connectivity index (χ0) is 20.9. The summed E-state index contributed by atoms with van der Waals surface area (Å²) in [5.41, 5.74) is 0.442. The van der Waals surface area contributed by atoms with Crippen molar-refractivity contribution in [1.29, 1.82) is 0 Å². The monoisotopic (exact) mass is 413 g/mol. The Labute approximate surface area is 166 Å². The molecule has 10 heteroatoms. The number of para-hydroxylation sites is 3. The third-order valence-electron chi connectivity index (χ3n) is 3.70. The van der Waals surface area contributed by atoms with E-state index < -0.39 is 21.1 Å². The lowest BCUT2D eigenvalue weighted by Gasteiger charge is -2.13. The second-order valence-electron chi connectivity index (χ2n) is 5.73. The fourth-order valence-corrected chi connectivity index (χ4v) is 3.30. The van der Waals surface area contributed by atoms with Crippen LogP contribution in [-0.4, -0.2) is 19.4 Å². The number of anilines is 2. The molecule has 0 aliphatic heterocycles. The first-order chi connectivity index (χ1) is 13.8. The van der Waals surface area contributed by atoms with E-state index in [0.29, 0.717) is 5.69 Å². The van der Waals surface area contributed by atoms with E-state index >= 15 is 0 Å². The topological polar surface area (TPSA) is 128 Å². The fourth-order valence-electron chi connectivity index (χ4n) is 2.35. The molecule has 0 unspecified atom stereocenters. The minimum Gasteiger partial charge on any atom is -0.377 e. The maximum Gasteiger partial charge on any atom is 0.339 e. The van der Waals surface area contributed by atoms with E-state index in [4.69, 9.17) is 4.18 Å². The van der Waals surface area contributed by atoms with Crippen molar-refractivity contribution in [3.8, 4) is 5.75 Å². The van der Waals surface area contributed by atoms with Gasteiger partial charge in [-0.3, -0.25) is 10.1 Å². The Morgan fingerprint density at radius 2 is 1.48 bits per heavy atom. The van der Waals surface area contributed by atoms with Gasteiger partial charge in [0.25, 0.3) is 5.69 Å². The van der Waals surface area contributed by atoms with E-state index in [2.05, 4.69) is 10.6 Å². The Kier molecular flexibility index (Phi) is 5.74. The van der Waals surface area contributed by atoms with Crippen molar-refractivity contribution in [3.63, 3.8) is 0 Å². The molecule has 0 saturated carbocycles. The van der Waals surface area contributed by atoms with Crippen molar-refractivity contribution in [2.75, 3.05) is 10.6 Å². The average molecular weight is 413 g/mol. The maximum atomic E-state index is 12.5. The molecule has 29 heavy (non-hydrogen) atoms. The molecule has 0 fully saturated rings. The number of nitro groups is 1. The van der Waals surface area contributed by atoms with Crippen molar-refractivity contribution in [2.24, 2.45) is 0 Å². The number of hydrogen-bond donors (Lipinski definition) is 2. The Bertz CT molecular complexity index is 1130. The predicted molar refractivity (Wildman–Crippen MR) is 106 cm³/mol. The molecule has 0 atom stereocenters. The van der Waals surface area contributed by atoms with Crippen LogP contribution in [0.5, 0.6) is 5.75 Å². The van der Waals surface area contributed by atoms with E-state index in [1.54, 1.807) is 42.5 Å². The van der Waals surface area contributed by atoms with Crippen LogP contribution < -0.4 is 14.8 Å². The molecule has 3 rings (SSSR count). The normalized spacial score (nSPS) is 10.8. The number of benzene rings is 3. The summed E-state index contributed by atoms with van der Waals surface area (Å²) >= 11 is 0. The Morgan fingerprint density at radius 1 is 0.862 bits per heavy atom. The van der Waals surface area contributed by atoms with Gasteiger partial charge in [0.05, 0.1) is 10.6 Å². The highest BCUT2D eigenvalue weighted by atomic mass is 32.2. The molecular weight excluding hydrogens is 398 g/mol. The highest BCUT2D eigenvalue weighted by Crippen LogP contribution is 2.28. The molecule has 0 heterocycles. The maximum absolute atomic E-state index is 12.5. The molecule has 0 aliphatic carbocycles. The Hall–Kier alpha value is -3.92. The SMILES string of the molecule is O=C(Nc1ccccc1)Nc1ccccc1OS(=O)(=O)c1ccc([N+](=O)[O-])cc1. The molecule has 0 aliphatic rings. The smallest absolute Gasteiger partial charge is 0.339 e. The van der Waals surface area contributed by atoms with Gasteiger partial charge in [0.1, 0.15) is 4.90 Å². The number of nitro benzene ring substituents is 1. The number of amides is 2. The summed E-state index contributed by atoms with van der Waals surface area (Å²) in [6.07, 6.45) is 0. The van der Waals surface area contributed by atoms with Gasteiger partial charge in [-0.15, -0.1) is 0 Å². The molecule has 2 amide bonds. The second kappa shape index (κ2) is 8.40. The summed E-state index contributed by atoms with van der Waals surface area (Å²) < 4.78 is 30.1. The van der Waals surface area contributed by atoms with Crippen molar-refractivity contribution in [2.45, 2.75) is 4.90 Å². The van der Waals surface area contributed by atoms with Gasteiger partial charge in [0, 0.05) is 17.8 Å². The highest BCUT2D eigenvalue weighted by Gasteiger charge is 2.20. The van der Waals surface area contributed by atoms with Crippen LogP contribution in [0, 0.1) is 10.1 Å². The first-order valence-corrected chi connectivity index (χ1v) is 9.67. The molecule has 148 valence electrons. The van der Waals surface area contributed by atoms with Crippen LogP contribution in [0.25, 0.3) is 0 Å². The predicted octanol–water partition coefficient (Wildman–Crippen LogP) is 4.01. The number of nitrogens with zero attached hydrogens (tertiary/aromatic N) is 1. The molecule has 3 aromatic rings. The Morgan fingerprint density at radius 3 is 2.14 bits per heavy atom. The van der Waals surface area contributed by atoms with E-state index in [9.17, 15) is 23.3 Å². The number of rotatable bonds is 6. The third-order valence-corrected chi connectivity index (χ3v) is 4.95. The third kappa shape index (κ3) is 5.08. The molecule has 2 N–H and O–H groups in total. The first-order valence-electron chi connectivity index (χ1n) is 8.26. The molecule has 0 saturated heterocycles. The van der Waals surface area contributed by atoms with Crippen molar-refractivity contribution < 1.29 is 22.3 Å². The quantitative estimate of drug-likeness (QED) is 0.357. The molecule has 0 bridgehead atoms.